The zero-order valence-corrected chi connectivity index (χ0v) is 12.8. The summed E-state index contributed by atoms with van der Waals surface area (Å²) in [5.41, 5.74) is 0.119. The fourth-order valence-electron chi connectivity index (χ4n) is 1.64. The van der Waals surface area contributed by atoms with Crippen LogP contribution in [0, 0.1) is 0 Å². The lowest BCUT2D eigenvalue weighted by Crippen LogP contribution is -2.05. The van der Waals surface area contributed by atoms with Gasteiger partial charge in [0.05, 0.1) is 16.6 Å². The molecule has 0 aliphatic heterocycles. The van der Waals surface area contributed by atoms with Crippen molar-refractivity contribution in [2.24, 2.45) is 0 Å². The Kier molecular flexibility index (Phi) is 5.10. The van der Waals surface area contributed by atoms with Gasteiger partial charge >= 0.3 is 5.97 Å². The number of carboxylic acids is 1. The molecule has 0 radical (unpaired) electrons. The second kappa shape index (κ2) is 7.03. The van der Waals surface area contributed by atoms with E-state index in [1.54, 1.807) is 18.5 Å². The van der Waals surface area contributed by atoms with E-state index in [2.05, 4.69) is 25.9 Å². The molecule has 0 fully saturated rings. The largest absolute Gasteiger partial charge is 0.490 e. The Morgan fingerprint density at radius 3 is 2.62 bits per heavy atom. The predicted octanol–water partition coefficient (Wildman–Crippen LogP) is 2.92. The zero-order valence-electron chi connectivity index (χ0n) is 11.2. The Labute approximate surface area is 129 Å². The van der Waals surface area contributed by atoms with Crippen LogP contribution in [0.25, 0.3) is 0 Å². The van der Waals surface area contributed by atoms with Crippen molar-refractivity contribution in [3.63, 3.8) is 0 Å². The summed E-state index contributed by atoms with van der Waals surface area (Å²) in [7, 11) is 0. The second-order valence-electron chi connectivity index (χ2n) is 3.98. The zero-order chi connectivity index (χ0) is 15.2. The van der Waals surface area contributed by atoms with Crippen molar-refractivity contribution in [2.45, 2.75) is 13.5 Å². The number of halogens is 1. The minimum absolute atomic E-state index is 0.119. The summed E-state index contributed by atoms with van der Waals surface area (Å²) in [4.78, 5) is 19.2. The van der Waals surface area contributed by atoms with Crippen molar-refractivity contribution in [1.82, 2.24) is 9.97 Å². The molecule has 0 atom stereocenters. The van der Waals surface area contributed by atoms with Gasteiger partial charge in [0.25, 0.3) is 0 Å². The Bertz CT molecular complexity index is 634. The maximum atomic E-state index is 11.1. The maximum Gasteiger partial charge on any atom is 0.335 e. The number of ether oxygens (including phenoxy) is 2. The van der Waals surface area contributed by atoms with Crippen LogP contribution in [-0.2, 0) is 6.61 Å². The number of carboxylic acid groups (broad SMARTS) is 1. The summed E-state index contributed by atoms with van der Waals surface area (Å²) < 4.78 is 11.6. The molecule has 2 aromatic rings. The first-order valence-corrected chi connectivity index (χ1v) is 6.99. The van der Waals surface area contributed by atoms with E-state index in [1.807, 2.05) is 6.92 Å². The summed E-state index contributed by atoms with van der Waals surface area (Å²) in [5, 5.41) is 9.06. The van der Waals surface area contributed by atoms with Gasteiger partial charge in [-0.3, -0.25) is 0 Å². The maximum absolute atomic E-state index is 11.1. The molecule has 6 nitrogen and oxygen atoms in total. The number of benzene rings is 1. The van der Waals surface area contributed by atoms with Crippen molar-refractivity contribution in [3.8, 4) is 11.5 Å². The molecule has 0 spiro atoms. The summed E-state index contributed by atoms with van der Waals surface area (Å²) in [6.07, 6.45) is 3.25. The van der Waals surface area contributed by atoms with Gasteiger partial charge < -0.3 is 14.6 Å². The molecule has 1 aromatic heterocycles. The van der Waals surface area contributed by atoms with Crippen LogP contribution < -0.4 is 9.47 Å². The smallest absolute Gasteiger partial charge is 0.335 e. The van der Waals surface area contributed by atoms with Gasteiger partial charge in [-0.15, -0.1) is 0 Å². The highest BCUT2D eigenvalue weighted by molar-refractivity contribution is 9.10. The first-order valence-electron chi connectivity index (χ1n) is 6.20. The molecule has 2 rings (SSSR count). The van der Waals surface area contributed by atoms with Crippen molar-refractivity contribution >= 4 is 21.9 Å². The van der Waals surface area contributed by atoms with Gasteiger partial charge in [0, 0.05) is 12.4 Å². The number of hydrogen-bond donors (Lipinski definition) is 1. The topological polar surface area (TPSA) is 81.5 Å². The molecule has 110 valence electrons. The van der Waals surface area contributed by atoms with Gasteiger partial charge in [0.15, 0.2) is 17.3 Å². The Morgan fingerprint density at radius 1 is 1.29 bits per heavy atom. The molecule has 21 heavy (non-hydrogen) atoms. The van der Waals surface area contributed by atoms with E-state index in [4.69, 9.17) is 14.6 Å². The van der Waals surface area contributed by atoms with Crippen LogP contribution in [0.5, 0.6) is 11.5 Å². The first-order chi connectivity index (χ1) is 10.1. The van der Waals surface area contributed by atoms with E-state index >= 15 is 0 Å². The lowest BCUT2D eigenvalue weighted by Gasteiger charge is -2.14. The lowest BCUT2D eigenvalue weighted by atomic mass is 10.2. The highest BCUT2D eigenvalue weighted by Crippen LogP contribution is 2.37. The first kappa shape index (κ1) is 15.2. The molecule has 0 amide bonds. The second-order valence-corrected chi connectivity index (χ2v) is 4.83. The number of aromatic carboxylic acids is 1. The van der Waals surface area contributed by atoms with Crippen LogP contribution in [0.4, 0.5) is 0 Å². The molecule has 1 N–H and O–H groups in total. The van der Waals surface area contributed by atoms with Crippen molar-refractivity contribution in [3.05, 3.63) is 46.5 Å². The van der Waals surface area contributed by atoms with Crippen molar-refractivity contribution in [1.29, 1.82) is 0 Å². The third kappa shape index (κ3) is 3.91. The molecule has 1 aromatic carbocycles. The van der Waals surface area contributed by atoms with Crippen LogP contribution >= 0.6 is 15.9 Å². The summed E-state index contributed by atoms with van der Waals surface area (Å²) in [6, 6.07) is 4.61. The number of rotatable bonds is 6. The van der Waals surface area contributed by atoms with Gasteiger partial charge in [-0.1, -0.05) is 0 Å². The molecular formula is C14H13BrN2O4. The highest BCUT2D eigenvalue weighted by atomic mass is 79.9. The van der Waals surface area contributed by atoms with Gasteiger partial charge in [-0.05, 0) is 41.1 Å². The molecule has 0 saturated carbocycles. The quantitative estimate of drug-likeness (QED) is 0.860. The number of aromatic nitrogens is 2. The summed E-state index contributed by atoms with van der Waals surface area (Å²) in [6.45, 7) is 2.37. The molecule has 7 heteroatoms. The van der Waals surface area contributed by atoms with Crippen molar-refractivity contribution in [2.75, 3.05) is 6.61 Å². The van der Waals surface area contributed by atoms with Gasteiger partial charge in [0.1, 0.15) is 6.61 Å². The molecule has 0 aliphatic carbocycles. The van der Waals surface area contributed by atoms with E-state index in [1.165, 1.54) is 12.1 Å². The number of nitrogens with zero attached hydrogens (tertiary/aromatic N) is 2. The molecule has 0 unspecified atom stereocenters. The molecule has 1 heterocycles. The monoisotopic (exact) mass is 352 g/mol. The minimum atomic E-state index is -1.03. The fraction of sp³-hybridized carbons (Fsp3) is 0.214. The van der Waals surface area contributed by atoms with Crippen LogP contribution in [0.1, 0.15) is 23.1 Å². The van der Waals surface area contributed by atoms with Crippen LogP contribution in [0.3, 0.4) is 0 Å². The molecule has 0 bridgehead atoms. The lowest BCUT2D eigenvalue weighted by molar-refractivity contribution is 0.0696. The summed E-state index contributed by atoms with van der Waals surface area (Å²) in [5.74, 6) is 0.276. The van der Waals surface area contributed by atoms with E-state index in [9.17, 15) is 4.79 Å². The average molecular weight is 353 g/mol. The normalized spacial score (nSPS) is 10.2. The van der Waals surface area contributed by atoms with Crippen molar-refractivity contribution < 1.29 is 19.4 Å². The third-order valence-corrected chi connectivity index (χ3v) is 3.11. The fourth-order valence-corrected chi connectivity index (χ4v) is 2.19. The summed E-state index contributed by atoms with van der Waals surface area (Å²) >= 11 is 3.30. The Hall–Kier alpha value is -2.15. The third-order valence-electron chi connectivity index (χ3n) is 2.52. The van der Waals surface area contributed by atoms with E-state index in [-0.39, 0.29) is 12.2 Å². The van der Waals surface area contributed by atoms with Crippen LogP contribution in [-0.4, -0.2) is 27.7 Å². The highest BCUT2D eigenvalue weighted by Gasteiger charge is 2.16. The van der Waals surface area contributed by atoms with E-state index < -0.39 is 5.97 Å². The minimum Gasteiger partial charge on any atom is -0.490 e. The van der Waals surface area contributed by atoms with E-state index in [0.717, 1.165) is 0 Å². The van der Waals surface area contributed by atoms with Crippen LogP contribution in [0.15, 0.2) is 35.1 Å². The van der Waals surface area contributed by atoms with Gasteiger partial charge in [0.2, 0.25) is 0 Å². The molecule has 0 aliphatic rings. The predicted molar refractivity (Wildman–Crippen MR) is 78.6 cm³/mol. The van der Waals surface area contributed by atoms with Gasteiger partial charge in [-0.2, -0.15) is 0 Å². The number of carbonyl (C=O) groups is 1. The van der Waals surface area contributed by atoms with E-state index in [0.29, 0.717) is 28.4 Å². The SMILES string of the molecule is CCOc1cc(C(=O)O)cc(Br)c1OCc1ncccn1. The Balaban J connectivity index is 2.26. The molecular weight excluding hydrogens is 340 g/mol. The average Bonchev–Trinajstić information content (AvgIpc) is 2.47. The standard InChI is InChI=1S/C14H13BrN2O4/c1-2-20-11-7-9(14(18)19)6-10(15)13(11)21-8-12-16-4-3-5-17-12/h3-7H,2,8H2,1H3,(H,18,19). The van der Waals surface area contributed by atoms with Gasteiger partial charge in [-0.25, -0.2) is 14.8 Å². The van der Waals surface area contributed by atoms with Crippen LogP contribution in [0.2, 0.25) is 0 Å². The molecule has 0 saturated heterocycles. The Morgan fingerprint density at radius 2 is 2.00 bits per heavy atom. The number of hydrogen-bond acceptors (Lipinski definition) is 5.